The van der Waals surface area contributed by atoms with Crippen molar-refractivity contribution in [2.45, 2.75) is 18.6 Å². The van der Waals surface area contributed by atoms with Crippen LogP contribution in [0.15, 0.2) is 30.3 Å². The molecule has 2 rings (SSSR count). The first-order valence-corrected chi connectivity index (χ1v) is 6.79. The predicted octanol–water partition coefficient (Wildman–Crippen LogP) is 0.302. The van der Waals surface area contributed by atoms with Crippen molar-refractivity contribution in [1.29, 1.82) is 0 Å². The maximum Gasteiger partial charge on any atom is 0.328 e. The van der Waals surface area contributed by atoms with Gasteiger partial charge in [-0.1, -0.05) is 30.3 Å². The number of methoxy groups -OCH3 is 1. The number of hydrogen-bond acceptors (Lipinski definition) is 5. The van der Waals surface area contributed by atoms with Crippen LogP contribution in [0.5, 0.6) is 0 Å². The first-order chi connectivity index (χ1) is 10.2. The molecule has 0 spiro atoms. The molecule has 1 aliphatic rings. The summed E-state index contributed by atoms with van der Waals surface area (Å²) in [5.74, 6) is -0.820. The van der Waals surface area contributed by atoms with Gasteiger partial charge in [0.05, 0.1) is 20.3 Å². The van der Waals surface area contributed by atoms with Crippen LogP contribution >= 0.6 is 0 Å². The molecule has 1 N–H and O–H groups in total. The fourth-order valence-electron chi connectivity index (χ4n) is 1.87. The Morgan fingerprint density at radius 1 is 1.38 bits per heavy atom. The van der Waals surface area contributed by atoms with Crippen LogP contribution in [-0.2, 0) is 30.2 Å². The number of esters is 1. The molecule has 0 saturated carbocycles. The van der Waals surface area contributed by atoms with Gasteiger partial charge in [0.2, 0.25) is 5.91 Å². The Labute approximate surface area is 123 Å². The van der Waals surface area contributed by atoms with Crippen molar-refractivity contribution in [2.75, 3.05) is 26.9 Å². The third-order valence-corrected chi connectivity index (χ3v) is 3.04. The number of carbonyl (C=O) groups is 2. The highest BCUT2D eigenvalue weighted by atomic mass is 16.6. The van der Waals surface area contributed by atoms with Crippen LogP contribution in [0, 0.1) is 0 Å². The average molecular weight is 293 g/mol. The molecule has 21 heavy (non-hydrogen) atoms. The Bertz CT molecular complexity index is 472. The highest BCUT2D eigenvalue weighted by Crippen LogP contribution is 2.08. The standard InChI is InChI=1S/C15H19NO5/c1-19-15(18)13(7-11-5-3-2-4-6-11)16-14(17)10-20-8-12-9-21-12/h2-6,12-13H,7-10H2,1H3,(H,16,17)/t12?,13-/m0/s1. The molecular formula is C15H19NO5. The van der Waals surface area contributed by atoms with Gasteiger partial charge >= 0.3 is 5.97 Å². The molecule has 0 aliphatic carbocycles. The number of carbonyl (C=O) groups excluding carboxylic acids is 2. The van der Waals surface area contributed by atoms with Gasteiger partial charge in [-0.05, 0) is 5.56 Å². The molecule has 1 saturated heterocycles. The Hall–Kier alpha value is -1.92. The van der Waals surface area contributed by atoms with Gasteiger partial charge in [0.25, 0.3) is 0 Å². The zero-order valence-corrected chi connectivity index (χ0v) is 11.9. The van der Waals surface area contributed by atoms with Gasteiger partial charge in [-0.2, -0.15) is 0 Å². The van der Waals surface area contributed by atoms with Crippen molar-refractivity contribution in [1.82, 2.24) is 5.32 Å². The van der Waals surface area contributed by atoms with Crippen molar-refractivity contribution in [2.24, 2.45) is 0 Å². The van der Waals surface area contributed by atoms with Gasteiger partial charge in [-0.3, -0.25) is 4.79 Å². The third kappa shape index (κ3) is 5.53. The summed E-state index contributed by atoms with van der Waals surface area (Å²) in [6, 6.07) is 8.72. The lowest BCUT2D eigenvalue weighted by Gasteiger charge is -2.16. The summed E-state index contributed by atoms with van der Waals surface area (Å²) in [6.07, 6.45) is 0.490. The topological polar surface area (TPSA) is 77.2 Å². The molecule has 114 valence electrons. The number of rotatable bonds is 8. The van der Waals surface area contributed by atoms with Crippen LogP contribution in [-0.4, -0.2) is 51.0 Å². The molecule has 1 aromatic carbocycles. The lowest BCUT2D eigenvalue weighted by atomic mass is 10.1. The number of benzene rings is 1. The highest BCUT2D eigenvalue weighted by molar-refractivity contribution is 5.85. The zero-order valence-electron chi connectivity index (χ0n) is 11.9. The summed E-state index contributed by atoms with van der Waals surface area (Å²) in [6.45, 7) is 0.984. The smallest absolute Gasteiger partial charge is 0.328 e. The summed E-state index contributed by atoms with van der Waals surface area (Å²) in [5, 5.41) is 2.63. The van der Waals surface area contributed by atoms with Crippen LogP contribution in [0.25, 0.3) is 0 Å². The van der Waals surface area contributed by atoms with Crippen LogP contribution in [0.3, 0.4) is 0 Å². The predicted molar refractivity (Wildman–Crippen MR) is 74.7 cm³/mol. The van der Waals surface area contributed by atoms with E-state index in [-0.39, 0.29) is 18.6 Å². The monoisotopic (exact) mass is 293 g/mol. The van der Waals surface area contributed by atoms with Crippen LogP contribution in [0.1, 0.15) is 5.56 Å². The fourth-order valence-corrected chi connectivity index (χ4v) is 1.87. The molecule has 1 unspecified atom stereocenters. The molecule has 6 nitrogen and oxygen atoms in total. The molecule has 1 amide bonds. The van der Waals surface area contributed by atoms with Gasteiger partial charge in [0.15, 0.2) is 0 Å². The van der Waals surface area contributed by atoms with E-state index in [9.17, 15) is 9.59 Å². The largest absolute Gasteiger partial charge is 0.467 e. The molecule has 2 atom stereocenters. The van der Waals surface area contributed by atoms with E-state index in [0.717, 1.165) is 5.56 Å². The second kappa shape index (κ2) is 7.75. The molecule has 1 heterocycles. The second-order valence-corrected chi connectivity index (χ2v) is 4.80. The molecule has 1 aliphatic heterocycles. The Kier molecular flexibility index (Phi) is 5.71. The average Bonchev–Trinajstić information content (AvgIpc) is 3.31. The number of amides is 1. The minimum atomic E-state index is -0.717. The van der Waals surface area contributed by atoms with Crippen molar-refractivity contribution < 1.29 is 23.8 Å². The minimum Gasteiger partial charge on any atom is -0.467 e. The number of hydrogen-bond donors (Lipinski definition) is 1. The lowest BCUT2D eigenvalue weighted by molar-refractivity contribution is -0.145. The molecule has 6 heteroatoms. The molecule has 0 aromatic heterocycles. The molecule has 0 radical (unpaired) electrons. The van der Waals surface area contributed by atoms with Gasteiger partial charge in [-0.25, -0.2) is 4.79 Å². The zero-order chi connectivity index (χ0) is 15.1. The van der Waals surface area contributed by atoms with E-state index >= 15 is 0 Å². The maximum absolute atomic E-state index is 11.8. The van der Waals surface area contributed by atoms with E-state index in [2.05, 4.69) is 5.32 Å². The summed E-state index contributed by atoms with van der Waals surface area (Å²) < 4.78 is 14.9. The van der Waals surface area contributed by atoms with Crippen molar-refractivity contribution in [3.63, 3.8) is 0 Å². The number of nitrogens with one attached hydrogen (secondary N) is 1. The SMILES string of the molecule is COC(=O)[C@H](Cc1ccccc1)NC(=O)COCC1CO1. The molecular weight excluding hydrogens is 274 g/mol. The molecule has 1 aromatic rings. The van der Waals surface area contributed by atoms with Crippen molar-refractivity contribution in [3.05, 3.63) is 35.9 Å². The van der Waals surface area contributed by atoms with Gasteiger partial charge < -0.3 is 19.5 Å². The van der Waals surface area contributed by atoms with E-state index in [1.54, 1.807) is 0 Å². The molecule has 1 fully saturated rings. The second-order valence-electron chi connectivity index (χ2n) is 4.80. The van der Waals surface area contributed by atoms with Crippen LogP contribution < -0.4 is 5.32 Å². The first kappa shape index (κ1) is 15.5. The summed E-state index contributed by atoms with van der Waals surface area (Å²) >= 11 is 0. The minimum absolute atomic E-state index is 0.0951. The van der Waals surface area contributed by atoms with Crippen LogP contribution in [0.4, 0.5) is 0 Å². The summed E-state index contributed by atoms with van der Waals surface area (Å²) in [4.78, 5) is 23.5. The van der Waals surface area contributed by atoms with Gasteiger partial charge in [0, 0.05) is 6.42 Å². The Morgan fingerprint density at radius 2 is 2.10 bits per heavy atom. The molecule has 0 bridgehead atoms. The normalized spacial score (nSPS) is 17.9. The number of epoxide rings is 1. The summed E-state index contributed by atoms with van der Waals surface area (Å²) in [5.41, 5.74) is 0.945. The van der Waals surface area contributed by atoms with E-state index in [4.69, 9.17) is 14.2 Å². The van der Waals surface area contributed by atoms with Gasteiger partial charge in [0.1, 0.15) is 18.8 Å². The Morgan fingerprint density at radius 3 is 2.71 bits per heavy atom. The van der Waals surface area contributed by atoms with E-state index in [0.29, 0.717) is 19.6 Å². The fraction of sp³-hybridized carbons (Fsp3) is 0.467. The highest BCUT2D eigenvalue weighted by Gasteiger charge is 2.24. The Balaban J connectivity index is 1.83. The van der Waals surface area contributed by atoms with E-state index < -0.39 is 12.0 Å². The van der Waals surface area contributed by atoms with E-state index in [1.165, 1.54) is 7.11 Å². The van der Waals surface area contributed by atoms with Crippen molar-refractivity contribution >= 4 is 11.9 Å². The maximum atomic E-state index is 11.8. The third-order valence-electron chi connectivity index (χ3n) is 3.04. The van der Waals surface area contributed by atoms with Crippen LogP contribution in [0.2, 0.25) is 0 Å². The lowest BCUT2D eigenvalue weighted by Crippen LogP contribution is -2.44. The quantitative estimate of drug-likeness (QED) is 0.551. The van der Waals surface area contributed by atoms with Gasteiger partial charge in [-0.15, -0.1) is 0 Å². The van der Waals surface area contributed by atoms with Crippen molar-refractivity contribution in [3.8, 4) is 0 Å². The summed E-state index contributed by atoms with van der Waals surface area (Å²) in [7, 11) is 1.30. The number of ether oxygens (including phenoxy) is 3. The first-order valence-electron chi connectivity index (χ1n) is 6.79. The van der Waals surface area contributed by atoms with E-state index in [1.807, 2.05) is 30.3 Å².